The van der Waals surface area contributed by atoms with Crippen LogP contribution >= 0.6 is 23.8 Å². The lowest BCUT2D eigenvalue weighted by atomic mass is 10.2. The number of hydrogen-bond acceptors (Lipinski definition) is 4. The van der Waals surface area contributed by atoms with Crippen LogP contribution in [-0.2, 0) is 9.59 Å². The summed E-state index contributed by atoms with van der Waals surface area (Å²) in [7, 11) is 1.46. The van der Waals surface area contributed by atoms with Gasteiger partial charge in [0.25, 0.3) is 11.8 Å². The molecule has 2 aromatic rings. The first-order valence-electron chi connectivity index (χ1n) is 8.49. The number of amides is 3. The van der Waals surface area contributed by atoms with Gasteiger partial charge in [-0.05, 0) is 60.7 Å². The molecule has 7 nitrogen and oxygen atoms in total. The Morgan fingerprint density at radius 1 is 1.14 bits per heavy atom. The van der Waals surface area contributed by atoms with Gasteiger partial charge in [-0.15, -0.1) is 0 Å². The highest BCUT2D eigenvalue weighted by atomic mass is 35.5. The van der Waals surface area contributed by atoms with Crippen molar-refractivity contribution >= 4 is 52.3 Å². The van der Waals surface area contributed by atoms with Crippen molar-refractivity contribution in [2.75, 3.05) is 12.4 Å². The van der Waals surface area contributed by atoms with Crippen LogP contribution in [0.2, 0.25) is 5.02 Å². The van der Waals surface area contributed by atoms with Gasteiger partial charge in [0.2, 0.25) is 5.91 Å². The largest absolute Gasteiger partial charge is 0.326 e. The van der Waals surface area contributed by atoms with Crippen LogP contribution in [0.4, 0.5) is 10.1 Å². The fraction of sp³-hybridized carbons (Fsp3) is 0.158. The first-order chi connectivity index (χ1) is 13.8. The summed E-state index contributed by atoms with van der Waals surface area (Å²) in [6, 6.07) is 10.4. The summed E-state index contributed by atoms with van der Waals surface area (Å²) >= 11 is 11.0. The fourth-order valence-electron chi connectivity index (χ4n) is 2.72. The minimum absolute atomic E-state index is 0.0666. The highest BCUT2D eigenvalue weighted by molar-refractivity contribution is 7.80. The zero-order valence-electron chi connectivity index (χ0n) is 15.2. The van der Waals surface area contributed by atoms with Crippen LogP contribution in [0.25, 0.3) is 0 Å². The first-order valence-corrected chi connectivity index (χ1v) is 9.27. The van der Waals surface area contributed by atoms with Gasteiger partial charge < -0.3 is 5.32 Å². The molecular formula is C19H16ClFN4O3S. The number of nitrogens with zero attached hydrogens (tertiary/aromatic N) is 2. The normalized spacial score (nSPS) is 16.2. The van der Waals surface area contributed by atoms with Crippen molar-refractivity contribution in [3.8, 4) is 0 Å². The summed E-state index contributed by atoms with van der Waals surface area (Å²) in [6.45, 7) is 0. The molecule has 29 heavy (non-hydrogen) atoms. The van der Waals surface area contributed by atoms with Gasteiger partial charge in [0, 0.05) is 23.3 Å². The van der Waals surface area contributed by atoms with Gasteiger partial charge in [0.05, 0.1) is 6.42 Å². The maximum Gasteiger partial charge on any atom is 0.269 e. The van der Waals surface area contributed by atoms with Crippen LogP contribution in [-0.4, -0.2) is 45.8 Å². The van der Waals surface area contributed by atoms with Crippen LogP contribution in [0.5, 0.6) is 0 Å². The third-order valence-corrected chi connectivity index (χ3v) is 4.98. The Morgan fingerprint density at radius 3 is 2.38 bits per heavy atom. The molecule has 0 radical (unpaired) electrons. The van der Waals surface area contributed by atoms with Crippen LogP contribution in [0.1, 0.15) is 16.8 Å². The molecule has 3 rings (SSSR count). The van der Waals surface area contributed by atoms with Gasteiger partial charge in [-0.3, -0.25) is 24.7 Å². The third-order valence-electron chi connectivity index (χ3n) is 4.26. The monoisotopic (exact) mass is 434 g/mol. The standard InChI is InChI=1S/C19H16ClFN4O3S/c1-24-18(28)15(10-16(26)22-14-8-6-13(21)7-9-14)25(19(24)29)23-17(27)11-2-4-12(20)5-3-11/h2-9,15H,10H2,1H3,(H,22,26)(H,23,27)/t15-/m1/s1. The maximum atomic E-state index is 13.0. The second-order valence-electron chi connectivity index (χ2n) is 6.27. The number of likely N-dealkylation sites (N-methyl/N-ethyl adjacent to an activating group) is 1. The van der Waals surface area contributed by atoms with Crippen LogP contribution in [0.3, 0.4) is 0 Å². The van der Waals surface area contributed by atoms with E-state index in [1.165, 1.54) is 53.4 Å². The number of carbonyl (C=O) groups excluding carboxylic acids is 3. The SMILES string of the molecule is CN1C(=O)[C@@H](CC(=O)Nc2ccc(F)cc2)N(NC(=O)c2ccc(Cl)cc2)C1=S. The molecule has 0 saturated carbocycles. The zero-order valence-corrected chi connectivity index (χ0v) is 16.8. The molecule has 1 atom stereocenters. The van der Waals surface area contributed by atoms with E-state index in [0.29, 0.717) is 16.3 Å². The van der Waals surface area contributed by atoms with Crippen molar-refractivity contribution in [3.63, 3.8) is 0 Å². The molecule has 3 amide bonds. The molecule has 1 aliphatic rings. The predicted molar refractivity (Wildman–Crippen MR) is 110 cm³/mol. The molecule has 2 aromatic carbocycles. The van der Waals surface area contributed by atoms with Crippen molar-refractivity contribution in [1.29, 1.82) is 0 Å². The molecule has 0 spiro atoms. The number of nitrogens with one attached hydrogen (secondary N) is 2. The lowest BCUT2D eigenvalue weighted by Crippen LogP contribution is -2.49. The van der Waals surface area contributed by atoms with Crippen molar-refractivity contribution in [2.24, 2.45) is 0 Å². The highest BCUT2D eigenvalue weighted by Crippen LogP contribution is 2.19. The highest BCUT2D eigenvalue weighted by Gasteiger charge is 2.42. The van der Waals surface area contributed by atoms with Crippen molar-refractivity contribution in [2.45, 2.75) is 12.5 Å². The molecular weight excluding hydrogens is 419 g/mol. The van der Waals surface area contributed by atoms with E-state index in [-0.39, 0.29) is 11.5 Å². The van der Waals surface area contributed by atoms with E-state index in [1.54, 1.807) is 12.1 Å². The molecule has 2 N–H and O–H groups in total. The molecule has 0 bridgehead atoms. The Hall–Kier alpha value is -3.04. The molecule has 1 heterocycles. The van der Waals surface area contributed by atoms with E-state index < -0.39 is 29.6 Å². The molecule has 1 aliphatic heterocycles. The van der Waals surface area contributed by atoms with E-state index in [1.807, 2.05) is 0 Å². The lowest BCUT2D eigenvalue weighted by Gasteiger charge is -2.24. The van der Waals surface area contributed by atoms with E-state index in [2.05, 4.69) is 10.7 Å². The number of carbonyl (C=O) groups is 3. The van der Waals surface area contributed by atoms with E-state index >= 15 is 0 Å². The van der Waals surface area contributed by atoms with Crippen LogP contribution < -0.4 is 10.7 Å². The predicted octanol–water partition coefficient (Wildman–Crippen LogP) is 2.58. The average Bonchev–Trinajstić information content (AvgIpc) is 2.88. The second kappa shape index (κ2) is 8.54. The summed E-state index contributed by atoms with van der Waals surface area (Å²) in [4.78, 5) is 38.6. The smallest absolute Gasteiger partial charge is 0.269 e. The van der Waals surface area contributed by atoms with Crippen molar-refractivity contribution in [3.05, 3.63) is 64.9 Å². The minimum atomic E-state index is -1.01. The first kappa shape index (κ1) is 20.7. The summed E-state index contributed by atoms with van der Waals surface area (Å²) in [5.41, 5.74) is 3.27. The minimum Gasteiger partial charge on any atom is -0.326 e. The Morgan fingerprint density at radius 2 is 1.76 bits per heavy atom. The van der Waals surface area contributed by atoms with Crippen molar-refractivity contribution < 1.29 is 18.8 Å². The second-order valence-corrected chi connectivity index (χ2v) is 7.07. The topological polar surface area (TPSA) is 81.8 Å². The van der Waals surface area contributed by atoms with Gasteiger partial charge in [0.1, 0.15) is 11.9 Å². The number of rotatable bonds is 5. The number of hydrazine groups is 1. The van der Waals surface area contributed by atoms with Gasteiger partial charge in [-0.2, -0.15) is 0 Å². The Balaban J connectivity index is 1.72. The Kier molecular flexibility index (Phi) is 6.09. The van der Waals surface area contributed by atoms with Gasteiger partial charge >= 0.3 is 0 Å². The Labute approximate surface area is 176 Å². The lowest BCUT2D eigenvalue weighted by molar-refractivity contribution is -0.130. The molecule has 0 aromatic heterocycles. The summed E-state index contributed by atoms with van der Waals surface area (Å²) in [6.07, 6.45) is -0.262. The summed E-state index contributed by atoms with van der Waals surface area (Å²) < 4.78 is 13.0. The molecule has 150 valence electrons. The van der Waals surface area contributed by atoms with Gasteiger partial charge in [-0.25, -0.2) is 9.40 Å². The van der Waals surface area contributed by atoms with Crippen molar-refractivity contribution in [1.82, 2.24) is 15.3 Å². The molecule has 0 unspecified atom stereocenters. The number of hydrogen-bond donors (Lipinski definition) is 2. The third kappa shape index (κ3) is 4.69. The summed E-state index contributed by atoms with van der Waals surface area (Å²) in [5.74, 6) is -1.85. The van der Waals surface area contributed by atoms with E-state index in [9.17, 15) is 18.8 Å². The van der Waals surface area contributed by atoms with Gasteiger partial charge in [-0.1, -0.05) is 11.6 Å². The average molecular weight is 435 g/mol. The number of anilines is 1. The summed E-state index contributed by atoms with van der Waals surface area (Å²) in [5, 5.41) is 4.32. The quantitative estimate of drug-likeness (QED) is 0.707. The van der Waals surface area contributed by atoms with E-state index in [4.69, 9.17) is 23.8 Å². The molecule has 0 aliphatic carbocycles. The van der Waals surface area contributed by atoms with E-state index in [0.717, 1.165) is 0 Å². The molecule has 10 heteroatoms. The number of thiocarbonyl (C=S) groups is 1. The molecule has 1 fully saturated rings. The van der Waals surface area contributed by atoms with Crippen LogP contribution in [0.15, 0.2) is 48.5 Å². The van der Waals surface area contributed by atoms with Crippen LogP contribution in [0, 0.1) is 5.82 Å². The fourth-order valence-corrected chi connectivity index (χ4v) is 3.11. The Bertz CT molecular complexity index is 968. The van der Waals surface area contributed by atoms with Gasteiger partial charge in [0.15, 0.2) is 5.11 Å². The molecule has 1 saturated heterocycles. The number of halogens is 2. The zero-order chi connectivity index (χ0) is 21.1. The maximum absolute atomic E-state index is 13.0. The number of benzene rings is 2.